The van der Waals surface area contributed by atoms with Crippen LogP contribution < -0.4 is 5.32 Å². The maximum absolute atomic E-state index is 11.9. The second kappa shape index (κ2) is 5.87. The first kappa shape index (κ1) is 14.3. The number of carboxylic acid groups (broad SMARTS) is 1. The maximum Gasteiger partial charge on any atom is 0.371 e. The van der Waals surface area contributed by atoms with E-state index in [9.17, 15) is 9.59 Å². The molecular weight excluding hydrogens is 280 g/mol. The Bertz CT molecular complexity index is 630. The highest BCUT2D eigenvalue weighted by atomic mass is 32.1. The zero-order chi connectivity index (χ0) is 14.7. The van der Waals surface area contributed by atoms with E-state index in [2.05, 4.69) is 10.3 Å². The van der Waals surface area contributed by atoms with E-state index in [1.807, 2.05) is 13.8 Å². The molecule has 2 aromatic heterocycles. The summed E-state index contributed by atoms with van der Waals surface area (Å²) in [5.74, 6) is -0.850. The van der Waals surface area contributed by atoms with Gasteiger partial charge in [-0.2, -0.15) is 0 Å². The number of carbonyl (C=O) groups is 2. The molecule has 0 atom stereocenters. The van der Waals surface area contributed by atoms with Crippen LogP contribution in [0.4, 0.5) is 0 Å². The molecule has 2 N–H and O–H groups in total. The summed E-state index contributed by atoms with van der Waals surface area (Å²) in [4.78, 5) is 27.3. The van der Waals surface area contributed by atoms with E-state index in [1.165, 1.54) is 23.5 Å². The maximum atomic E-state index is 11.9. The van der Waals surface area contributed by atoms with Crippen LogP contribution in [0.1, 0.15) is 50.8 Å². The molecule has 20 heavy (non-hydrogen) atoms. The fourth-order valence-corrected chi connectivity index (χ4v) is 2.34. The predicted molar refractivity (Wildman–Crippen MR) is 73.0 cm³/mol. The van der Waals surface area contributed by atoms with Gasteiger partial charge >= 0.3 is 5.97 Å². The molecule has 0 fully saturated rings. The van der Waals surface area contributed by atoms with Gasteiger partial charge in [-0.05, 0) is 12.1 Å². The van der Waals surface area contributed by atoms with Crippen LogP contribution in [0.3, 0.4) is 0 Å². The number of carbonyl (C=O) groups excluding carboxylic acids is 1. The summed E-state index contributed by atoms with van der Waals surface area (Å²) in [6, 6.07) is 2.88. The van der Waals surface area contributed by atoms with E-state index in [0.29, 0.717) is 10.6 Å². The number of aromatic nitrogens is 1. The minimum absolute atomic E-state index is 0.140. The summed E-state index contributed by atoms with van der Waals surface area (Å²) in [5.41, 5.74) is 0. The quantitative estimate of drug-likeness (QED) is 0.883. The monoisotopic (exact) mass is 294 g/mol. The summed E-state index contributed by atoms with van der Waals surface area (Å²) >= 11 is 1.35. The highest BCUT2D eigenvalue weighted by Crippen LogP contribution is 2.21. The molecule has 0 aromatic carbocycles. The summed E-state index contributed by atoms with van der Waals surface area (Å²) in [6.07, 6.45) is 1.54. The first-order valence-electron chi connectivity index (χ1n) is 6.03. The largest absolute Gasteiger partial charge is 0.475 e. The molecule has 0 aliphatic rings. The highest BCUT2D eigenvalue weighted by molar-refractivity contribution is 7.13. The molecule has 106 valence electrons. The molecule has 6 nitrogen and oxygen atoms in total. The van der Waals surface area contributed by atoms with Gasteiger partial charge in [-0.15, -0.1) is 11.3 Å². The number of aromatic carboxylic acids is 1. The molecule has 2 aromatic rings. The molecule has 2 rings (SSSR count). The minimum atomic E-state index is -1.13. The Morgan fingerprint density at radius 1 is 1.45 bits per heavy atom. The molecule has 0 spiro atoms. The predicted octanol–water partition coefficient (Wildman–Crippen LogP) is 2.49. The van der Waals surface area contributed by atoms with Crippen molar-refractivity contribution in [1.82, 2.24) is 10.3 Å². The first-order valence-corrected chi connectivity index (χ1v) is 6.85. The fourth-order valence-electron chi connectivity index (χ4n) is 1.50. The molecule has 0 radical (unpaired) electrons. The lowest BCUT2D eigenvalue weighted by molar-refractivity contribution is 0.0660. The van der Waals surface area contributed by atoms with Gasteiger partial charge in [-0.25, -0.2) is 9.78 Å². The molecule has 0 bridgehead atoms. The Morgan fingerprint density at radius 3 is 2.75 bits per heavy atom. The summed E-state index contributed by atoms with van der Waals surface area (Å²) in [7, 11) is 0. The van der Waals surface area contributed by atoms with E-state index >= 15 is 0 Å². The third-order valence-electron chi connectivity index (χ3n) is 2.54. The van der Waals surface area contributed by atoms with Crippen LogP contribution in [0.25, 0.3) is 0 Å². The van der Waals surface area contributed by atoms with Crippen LogP contribution >= 0.6 is 11.3 Å². The number of hydrogen-bond donors (Lipinski definition) is 2. The zero-order valence-electron chi connectivity index (χ0n) is 11.0. The average molecular weight is 294 g/mol. The number of nitrogens with one attached hydrogen (secondary N) is 1. The topological polar surface area (TPSA) is 92.4 Å². The summed E-state index contributed by atoms with van der Waals surface area (Å²) in [6.45, 7) is 4.16. The number of nitrogens with zero attached hydrogens (tertiary/aromatic N) is 1. The van der Waals surface area contributed by atoms with E-state index < -0.39 is 5.97 Å². The van der Waals surface area contributed by atoms with E-state index in [0.717, 1.165) is 5.01 Å². The van der Waals surface area contributed by atoms with Crippen LogP contribution in [0.15, 0.2) is 22.7 Å². The van der Waals surface area contributed by atoms with Gasteiger partial charge in [0.25, 0.3) is 5.91 Å². The number of thiazole rings is 1. The number of carboxylic acids is 1. The smallest absolute Gasteiger partial charge is 0.371 e. The van der Waals surface area contributed by atoms with Gasteiger partial charge in [0.15, 0.2) is 0 Å². The molecule has 0 saturated heterocycles. The average Bonchev–Trinajstić information content (AvgIpc) is 3.05. The third-order valence-corrected chi connectivity index (χ3v) is 3.83. The Kier molecular flexibility index (Phi) is 4.19. The number of rotatable bonds is 5. The second-order valence-corrected chi connectivity index (χ2v) is 5.53. The van der Waals surface area contributed by atoms with Gasteiger partial charge in [0.05, 0.1) is 17.7 Å². The molecule has 7 heteroatoms. The first-order chi connectivity index (χ1) is 9.47. The summed E-state index contributed by atoms with van der Waals surface area (Å²) < 4.78 is 5.05. The number of furan rings is 1. The van der Waals surface area contributed by atoms with Gasteiger partial charge in [0.2, 0.25) is 5.76 Å². The van der Waals surface area contributed by atoms with Crippen molar-refractivity contribution in [1.29, 1.82) is 0 Å². The normalized spacial score (nSPS) is 10.8. The Morgan fingerprint density at radius 2 is 2.20 bits per heavy atom. The van der Waals surface area contributed by atoms with Crippen molar-refractivity contribution in [3.8, 4) is 0 Å². The van der Waals surface area contributed by atoms with Crippen molar-refractivity contribution in [2.24, 2.45) is 0 Å². The molecule has 2 heterocycles. The third kappa shape index (κ3) is 3.24. The lowest BCUT2D eigenvalue weighted by Crippen LogP contribution is -2.21. The second-order valence-electron chi connectivity index (χ2n) is 4.47. The molecular formula is C13H14N2O4S. The van der Waals surface area contributed by atoms with Crippen molar-refractivity contribution in [2.45, 2.75) is 26.3 Å². The summed E-state index contributed by atoms with van der Waals surface area (Å²) in [5, 5.41) is 12.3. The van der Waals surface area contributed by atoms with E-state index in [1.54, 1.807) is 6.20 Å². The van der Waals surface area contributed by atoms with Crippen molar-refractivity contribution >= 4 is 23.2 Å². The van der Waals surface area contributed by atoms with Crippen LogP contribution in [0, 0.1) is 0 Å². The van der Waals surface area contributed by atoms with Crippen LogP contribution in [-0.2, 0) is 6.54 Å². The SMILES string of the molecule is CC(C)c1ncc(C(=O)NCc2ccc(C(=O)O)o2)s1. The number of amides is 1. The van der Waals surface area contributed by atoms with E-state index in [-0.39, 0.29) is 24.1 Å². The van der Waals surface area contributed by atoms with Crippen LogP contribution in [-0.4, -0.2) is 22.0 Å². The lowest BCUT2D eigenvalue weighted by Gasteiger charge is -2.00. The minimum Gasteiger partial charge on any atom is -0.475 e. The van der Waals surface area contributed by atoms with Crippen molar-refractivity contribution < 1.29 is 19.1 Å². The molecule has 0 saturated carbocycles. The molecule has 0 aliphatic heterocycles. The molecule has 1 amide bonds. The van der Waals surface area contributed by atoms with Crippen molar-refractivity contribution in [2.75, 3.05) is 0 Å². The highest BCUT2D eigenvalue weighted by Gasteiger charge is 2.14. The fraction of sp³-hybridized carbons (Fsp3) is 0.308. The van der Waals surface area contributed by atoms with Crippen LogP contribution in [0.5, 0.6) is 0 Å². The number of hydrogen-bond acceptors (Lipinski definition) is 5. The van der Waals surface area contributed by atoms with Gasteiger partial charge < -0.3 is 14.8 Å². The molecule has 0 unspecified atom stereocenters. The van der Waals surface area contributed by atoms with Gasteiger partial charge in [0.1, 0.15) is 10.6 Å². The lowest BCUT2D eigenvalue weighted by atomic mass is 10.2. The zero-order valence-corrected chi connectivity index (χ0v) is 11.9. The Balaban J connectivity index is 1.95. The van der Waals surface area contributed by atoms with Gasteiger partial charge in [0, 0.05) is 5.92 Å². The standard InChI is InChI=1S/C13H14N2O4S/c1-7(2)12-15-6-10(20-12)11(16)14-5-8-3-4-9(19-8)13(17)18/h3-4,6-7H,5H2,1-2H3,(H,14,16)(H,17,18). The molecule has 0 aliphatic carbocycles. The van der Waals surface area contributed by atoms with Gasteiger partial charge in [-0.3, -0.25) is 4.79 Å². The van der Waals surface area contributed by atoms with Gasteiger partial charge in [-0.1, -0.05) is 13.8 Å². The van der Waals surface area contributed by atoms with Crippen molar-refractivity contribution in [3.05, 3.63) is 39.7 Å². The Hall–Kier alpha value is -2.15. The Labute approximate surface area is 119 Å². The van der Waals surface area contributed by atoms with E-state index in [4.69, 9.17) is 9.52 Å². The van der Waals surface area contributed by atoms with Crippen LogP contribution in [0.2, 0.25) is 0 Å². The van der Waals surface area contributed by atoms with Crippen molar-refractivity contribution in [3.63, 3.8) is 0 Å².